The molecule has 0 saturated carbocycles. The van der Waals surface area contributed by atoms with E-state index >= 15 is 0 Å². The Balaban J connectivity index is 1.60. The molecular formula is C21H20N2O6S. The van der Waals surface area contributed by atoms with E-state index < -0.39 is 18.5 Å². The number of rotatable bonds is 8. The maximum absolute atomic E-state index is 12.4. The number of amides is 1. The monoisotopic (exact) mass is 428 g/mol. The van der Waals surface area contributed by atoms with Crippen LogP contribution in [-0.2, 0) is 9.53 Å². The van der Waals surface area contributed by atoms with Gasteiger partial charge in [0.1, 0.15) is 22.8 Å². The fraction of sp³-hybridized carbons (Fsp3) is 0.190. The molecule has 30 heavy (non-hydrogen) atoms. The zero-order valence-electron chi connectivity index (χ0n) is 16.6. The second-order valence-corrected chi connectivity index (χ2v) is 6.79. The van der Waals surface area contributed by atoms with Gasteiger partial charge in [-0.05, 0) is 36.4 Å². The topological polar surface area (TPSA) is 96.0 Å². The molecule has 0 saturated heterocycles. The first-order valence-electron chi connectivity index (χ1n) is 8.83. The van der Waals surface area contributed by atoms with Gasteiger partial charge in [0.05, 0.1) is 27.0 Å². The number of hydrogen-bond donors (Lipinski definition) is 1. The standard InChI is InChI=1S/C21H20N2O6S/c1-26-14-9-7-13(8-10-14)15-12-30-21(22-15)23-18(24)11-29-20(25)19-16(27-2)5-4-6-17(19)28-3/h4-10,12H,11H2,1-3H3,(H,22,23,24). The molecule has 0 spiro atoms. The van der Waals surface area contributed by atoms with Crippen molar-refractivity contribution in [2.24, 2.45) is 0 Å². The molecule has 2 aromatic carbocycles. The number of thiazole rings is 1. The van der Waals surface area contributed by atoms with Crippen LogP contribution < -0.4 is 19.5 Å². The summed E-state index contributed by atoms with van der Waals surface area (Å²) in [5.41, 5.74) is 1.72. The molecule has 0 fully saturated rings. The lowest BCUT2D eigenvalue weighted by atomic mass is 10.2. The molecule has 0 aliphatic rings. The van der Waals surface area contributed by atoms with Crippen molar-refractivity contribution in [3.63, 3.8) is 0 Å². The van der Waals surface area contributed by atoms with Crippen LogP contribution in [0.2, 0.25) is 0 Å². The average Bonchev–Trinajstić information content (AvgIpc) is 3.25. The summed E-state index contributed by atoms with van der Waals surface area (Å²) in [7, 11) is 4.46. The van der Waals surface area contributed by atoms with Crippen LogP contribution in [0.1, 0.15) is 10.4 Å². The Morgan fingerprint density at radius 2 is 1.63 bits per heavy atom. The molecule has 1 heterocycles. The van der Waals surface area contributed by atoms with Crippen LogP contribution in [0.15, 0.2) is 47.8 Å². The van der Waals surface area contributed by atoms with Crippen molar-refractivity contribution in [3.05, 3.63) is 53.4 Å². The van der Waals surface area contributed by atoms with Crippen molar-refractivity contribution in [1.82, 2.24) is 4.98 Å². The molecular weight excluding hydrogens is 408 g/mol. The minimum absolute atomic E-state index is 0.117. The number of carbonyl (C=O) groups is 2. The number of anilines is 1. The highest BCUT2D eigenvalue weighted by atomic mass is 32.1. The third-order valence-electron chi connectivity index (χ3n) is 4.10. The Morgan fingerprint density at radius 3 is 2.23 bits per heavy atom. The summed E-state index contributed by atoms with van der Waals surface area (Å²) in [5.74, 6) is 0.106. The van der Waals surface area contributed by atoms with Crippen molar-refractivity contribution >= 4 is 28.3 Å². The second-order valence-electron chi connectivity index (χ2n) is 5.93. The summed E-state index contributed by atoms with van der Waals surface area (Å²) < 4.78 is 20.6. The van der Waals surface area contributed by atoms with Gasteiger partial charge in [0.15, 0.2) is 11.7 Å². The minimum Gasteiger partial charge on any atom is -0.497 e. The quantitative estimate of drug-likeness (QED) is 0.547. The fourth-order valence-electron chi connectivity index (χ4n) is 2.64. The van der Waals surface area contributed by atoms with Crippen molar-refractivity contribution < 1.29 is 28.5 Å². The van der Waals surface area contributed by atoms with E-state index in [0.717, 1.165) is 11.3 Å². The highest BCUT2D eigenvalue weighted by Crippen LogP contribution is 2.29. The van der Waals surface area contributed by atoms with E-state index in [4.69, 9.17) is 18.9 Å². The van der Waals surface area contributed by atoms with E-state index in [0.29, 0.717) is 22.3 Å². The van der Waals surface area contributed by atoms with E-state index in [9.17, 15) is 9.59 Å². The van der Waals surface area contributed by atoms with Gasteiger partial charge < -0.3 is 18.9 Å². The molecule has 0 atom stereocenters. The van der Waals surface area contributed by atoms with E-state index in [-0.39, 0.29) is 5.56 Å². The van der Waals surface area contributed by atoms with Gasteiger partial charge >= 0.3 is 5.97 Å². The van der Waals surface area contributed by atoms with E-state index in [1.807, 2.05) is 29.6 Å². The summed E-state index contributed by atoms with van der Waals surface area (Å²) in [6, 6.07) is 12.3. The van der Waals surface area contributed by atoms with Crippen LogP contribution in [0.4, 0.5) is 5.13 Å². The van der Waals surface area contributed by atoms with Crippen LogP contribution in [0.3, 0.4) is 0 Å². The maximum atomic E-state index is 12.4. The van der Waals surface area contributed by atoms with Gasteiger partial charge in [-0.3, -0.25) is 10.1 Å². The minimum atomic E-state index is -0.725. The highest BCUT2D eigenvalue weighted by Gasteiger charge is 2.21. The third-order valence-corrected chi connectivity index (χ3v) is 4.86. The maximum Gasteiger partial charge on any atom is 0.346 e. The lowest BCUT2D eigenvalue weighted by Crippen LogP contribution is -2.21. The first-order chi connectivity index (χ1) is 14.5. The Labute approximate surface area is 177 Å². The molecule has 0 aliphatic heterocycles. The predicted molar refractivity (Wildman–Crippen MR) is 113 cm³/mol. The molecule has 1 N–H and O–H groups in total. The summed E-state index contributed by atoms with van der Waals surface area (Å²) in [5, 5.41) is 4.85. The average molecular weight is 428 g/mol. The SMILES string of the molecule is COc1ccc(-c2csc(NC(=O)COC(=O)c3c(OC)cccc3OC)n2)cc1. The highest BCUT2D eigenvalue weighted by molar-refractivity contribution is 7.14. The summed E-state index contributed by atoms with van der Waals surface area (Å²) >= 11 is 1.27. The molecule has 8 nitrogen and oxygen atoms in total. The lowest BCUT2D eigenvalue weighted by molar-refractivity contribution is -0.119. The Bertz CT molecular complexity index is 1010. The molecule has 3 aromatic rings. The predicted octanol–water partition coefficient (Wildman–Crippen LogP) is 3.63. The van der Waals surface area contributed by atoms with E-state index in [2.05, 4.69) is 10.3 Å². The Hall–Kier alpha value is -3.59. The van der Waals surface area contributed by atoms with E-state index in [1.165, 1.54) is 25.6 Å². The Kier molecular flexibility index (Phi) is 6.87. The molecule has 1 aromatic heterocycles. The van der Waals surface area contributed by atoms with Crippen LogP contribution in [-0.4, -0.2) is 44.8 Å². The third kappa shape index (κ3) is 4.87. The first-order valence-corrected chi connectivity index (χ1v) is 9.71. The molecule has 0 aliphatic carbocycles. The number of benzene rings is 2. The normalized spacial score (nSPS) is 10.2. The number of esters is 1. The van der Waals surface area contributed by atoms with Crippen molar-refractivity contribution in [2.45, 2.75) is 0 Å². The molecule has 156 valence electrons. The van der Waals surface area contributed by atoms with Gasteiger partial charge in [0.2, 0.25) is 0 Å². The van der Waals surface area contributed by atoms with Crippen molar-refractivity contribution in [2.75, 3.05) is 33.3 Å². The summed E-state index contributed by atoms with van der Waals surface area (Å²) in [6.45, 7) is -0.475. The summed E-state index contributed by atoms with van der Waals surface area (Å²) in [6.07, 6.45) is 0. The van der Waals surface area contributed by atoms with Gasteiger partial charge in [-0.25, -0.2) is 9.78 Å². The zero-order valence-corrected chi connectivity index (χ0v) is 17.4. The summed E-state index contributed by atoms with van der Waals surface area (Å²) in [4.78, 5) is 29.0. The van der Waals surface area contributed by atoms with E-state index in [1.54, 1.807) is 25.3 Å². The molecule has 9 heteroatoms. The van der Waals surface area contributed by atoms with Crippen molar-refractivity contribution in [1.29, 1.82) is 0 Å². The van der Waals surface area contributed by atoms with Gasteiger partial charge in [-0.15, -0.1) is 11.3 Å². The molecule has 0 radical (unpaired) electrons. The number of carbonyl (C=O) groups excluding carboxylic acids is 2. The van der Waals surface area contributed by atoms with Crippen molar-refractivity contribution in [3.8, 4) is 28.5 Å². The van der Waals surface area contributed by atoms with Gasteiger partial charge in [0, 0.05) is 10.9 Å². The number of nitrogens with one attached hydrogen (secondary N) is 1. The van der Waals surface area contributed by atoms with Crippen LogP contribution in [0.25, 0.3) is 11.3 Å². The molecule has 3 rings (SSSR count). The van der Waals surface area contributed by atoms with Gasteiger partial charge in [0.25, 0.3) is 5.91 Å². The van der Waals surface area contributed by atoms with Crippen LogP contribution in [0, 0.1) is 0 Å². The first kappa shape index (κ1) is 21.1. The lowest BCUT2D eigenvalue weighted by Gasteiger charge is -2.12. The number of aromatic nitrogens is 1. The number of methoxy groups -OCH3 is 3. The van der Waals surface area contributed by atoms with Gasteiger partial charge in [-0.2, -0.15) is 0 Å². The number of ether oxygens (including phenoxy) is 4. The van der Waals surface area contributed by atoms with Gasteiger partial charge in [-0.1, -0.05) is 6.07 Å². The number of hydrogen-bond acceptors (Lipinski definition) is 8. The fourth-order valence-corrected chi connectivity index (χ4v) is 3.37. The smallest absolute Gasteiger partial charge is 0.346 e. The second kappa shape index (κ2) is 9.75. The zero-order chi connectivity index (χ0) is 21.5. The van der Waals surface area contributed by atoms with Crippen LogP contribution >= 0.6 is 11.3 Å². The Morgan fingerprint density at radius 1 is 0.967 bits per heavy atom. The largest absolute Gasteiger partial charge is 0.497 e. The molecule has 0 unspecified atom stereocenters. The van der Waals surface area contributed by atoms with Crippen LogP contribution in [0.5, 0.6) is 17.2 Å². The number of nitrogens with zero attached hydrogens (tertiary/aromatic N) is 1. The molecule has 0 bridgehead atoms. The molecule has 1 amide bonds.